The topological polar surface area (TPSA) is 46.3 Å². The fourth-order valence-corrected chi connectivity index (χ4v) is 2.14. The van der Waals surface area contributed by atoms with Gasteiger partial charge in [0, 0.05) is 29.6 Å². The summed E-state index contributed by atoms with van der Waals surface area (Å²) < 4.78 is 10.7. The first-order valence-corrected chi connectivity index (χ1v) is 6.25. The highest BCUT2D eigenvalue weighted by Gasteiger charge is 2.11. The highest BCUT2D eigenvalue weighted by atomic mass is 16.5. The van der Waals surface area contributed by atoms with Gasteiger partial charge < -0.3 is 19.8 Å². The van der Waals surface area contributed by atoms with E-state index in [1.807, 2.05) is 25.2 Å². The molecule has 2 rings (SSSR count). The molecule has 1 aromatic heterocycles. The average Bonchev–Trinajstić information content (AvgIpc) is 2.79. The molecule has 0 bridgehead atoms. The zero-order valence-electron chi connectivity index (χ0n) is 11.8. The SMILES string of the molecule is CNCc1cc(-c2ccc(OC)cc2OC)[nH]c1C. The smallest absolute Gasteiger partial charge is 0.131 e. The Bertz CT molecular complexity index is 561. The third-order valence-electron chi connectivity index (χ3n) is 3.19. The molecule has 0 saturated heterocycles. The molecule has 0 spiro atoms. The Labute approximate surface area is 113 Å². The minimum absolute atomic E-state index is 0.791. The van der Waals surface area contributed by atoms with E-state index >= 15 is 0 Å². The summed E-state index contributed by atoms with van der Waals surface area (Å²) in [5, 5.41) is 3.17. The van der Waals surface area contributed by atoms with E-state index in [1.165, 1.54) is 11.3 Å². The zero-order valence-corrected chi connectivity index (χ0v) is 11.8. The van der Waals surface area contributed by atoms with Crippen molar-refractivity contribution in [3.63, 3.8) is 0 Å². The number of rotatable bonds is 5. The minimum Gasteiger partial charge on any atom is -0.497 e. The van der Waals surface area contributed by atoms with Gasteiger partial charge in [0.05, 0.1) is 14.2 Å². The molecule has 102 valence electrons. The number of H-pyrrole nitrogens is 1. The normalized spacial score (nSPS) is 10.5. The zero-order chi connectivity index (χ0) is 13.8. The lowest BCUT2D eigenvalue weighted by atomic mass is 10.1. The number of benzene rings is 1. The minimum atomic E-state index is 0.791. The Kier molecular flexibility index (Phi) is 4.12. The average molecular weight is 260 g/mol. The van der Waals surface area contributed by atoms with Crippen LogP contribution in [-0.4, -0.2) is 26.3 Å². The van der Waals surface area contributed by atoms with E-state index in [-0.39, 0.29) is 0 Å². The lowest BCUT2D eigenvalue weighted by Crippen LogP contribution is -2.04. The second-order valence-electron chi connectivity index (χ2n) is 4.43. The molecule has 19 heavy (non-hydrogen) atoms. The van der Waals surface area contributed by atoms with Gasteiger partial charge in [0.2, 0.25) is 0 Å². The van der Waals surface area contributed by atoms with Gasteiger partial charge in [-0.3, -0.25) is 0 Å². The predicted octanol–water partition coefficient (Wildman–Crippen LogP) is 2.73. The molecule has 1 heterocycles. The molecular formula is C15H20N2O2. The number of nitrogens with one attached hydrogen (secondary N) is 2. The van der Waals surface area contributed by atoms with E-state index in [0.717, 1.165) is 29.3 Å². The molecule has 2 N–H and O–H groups in total. The second kappa shape index (κ2) is 5.80. The van der Waals surface area contributed by atoms with Crippen LogP contribution in [0.3, 0.4) is 0 Å². The van der Waals surface area contributed by atoms with E-state index < -0.39 is 0 Å². The van der Waals surface area contributed by atoms with Crippen LogP contribution in [0.1, 0.15) is 11.3 Å². The highest BCUT2D eigenvalue weighted by molar-refractivity contribution is 5.70. The maximum atomic E-state index is 5.44. The van der Waals surface area contributed by atoms with Crippen molar-refractivity contribution < 1.29 is 9.47 Å². The Morgan fingerprint density at radius 2 is 1.95 bits per heavy atom. The van der Waals surface area contributed by atoms with Crippen LogP contribution in [0.4, 0.5) is 0 Å². The molecule has 0 amide bonds. The molecule has 2 aromatic rings. The number of ether oxygens (including phenoxy) is 2. The Morgan fingerprint density at radius 3 is 2.58 bits per heavy atom. The first-order valence-electron chi connectivity index (χ1n) is 6.25. The lowest BCUT2D eigenvalue weighted by molar-refractivity contribution is 0.395. The lowest BCUT2D eigenvalue weighted by Gasteiger charge is -2.09. The molecule has 0 aliphatic heterocycles. The first kappa shape index (κ1) is 13.5. The quantitative estimate of drug-likeness (QED) is 0.869. The third-order valence-corrected chi connectivity index (χ3v) is 3.19. The van der Waals surface area contributed by atoms with Crippen LogP contribution in [0, 0.1) is 6.92 Å². The molecule has 0 radical (unpaired) electrons. The van der Waals surface area contributed by atoms with Crippen molar-refractivity contribution in [1.82, 2.24) is 10.3 Å². The highest BCUT2D eigenvalue weighted by Crippen LogP contribution is 2.33. The number of methoxy groups -OCH3 is 2. The Balaban J connectivity index is 2.43. The fraction of sp³-hybridized carbons (Fsp3) is 0.333. The van der Waals surface area contributed by atoms with E-state index in [4.69, 9.17) is 9.47 Å². The molecule has 0 unspecified atom stereocenters. The van der Waals surface area contributed by atoms with E-state index in [1.54, 1.807) is 14.2 Å². The van der Waals surface area contributed by atoms with Gasteiger partial charge in [-0.2, -0.15) is 0 Å². The number of aryl methyl sites for hydroxylation is 1. The van der Waals surface area contributed by atoms with Crippen LogP contribution in [0.15, 0.2) is 24.3 Å². The van der Waals surface area contributed by atoms with Gasteiger partial charge in [-0.15, -0.1) is 0 Å². The molecule has 4 nitrogen and oxygen atoms in total. The first-order chi connectivity index (χ1) is 9.19. The van der Waals surface area contributed by atoms with E-state index in [2.05, 4.69) is 23.3 Å². The van der Waals surface area contributed by atoms with Crippen LogP contribution < -0.4 is 14.8 Å². The second-order valence-corrected chi connectivity index (χ2v) is 4.43. The standard InChI is InChI=1S/C15H20N2O2/c1-10-11(9-16-2)7-14(17-10)13-6-5-12(18-3)8-15(13)19-4/h5-8,16-17H,9H2,1-4H3. The summed E-state index contributed by atoms with van der Waals surface area (Å²) in [4.78, 5) is 3.40. The number of hydrogen-bond donors (Lipinski definition) is 2. The summed E-state index contributed by atoms with van der Waals surface area (Å²) in [5.74, 6) is 1.59. The van der Waals surface area contributed by atoms with Gasteiger partial charge in [0.25, 0.3) is 0 Å². The van der Waals surface area contributed by atoms with Crippen LogP contribution in [0.2, 0.25) is 0 Å². The molecule has 1 aromatic carbocycles. The Morgan fingerprint density at radius 1 is 1.16 bits per heavy atom. The number of aromatic amines is 1. The van der Waals surface area contributed by atoms with Gasteiger partial charge in [-0.25, -0.2) is 0 Å². The van der Waals surface area contributed by atoms with Gasteiger partial charge in [-0.05, 0) is 37.7 Å². The van der Waals surface area contributed by atoms with Gasteiger partial charge >= 0.3 is 0 Å². The van der Waals surface area contributed by atoms with Crippen LogP contribution in [0.25, 0.3) is 11.3 Å². The van der Waals surface area contributed by atoms with Crippen molar-refractivity contribution in [3.8, 4) is 22.8 Å². The molecule has 0 atom stereocenters. The van der Waals surface area contributed by atoms with Gasteiger partial charge in [0.15, 0.2) is 0 Å². The summed E-state index contributed by atoms with van der Waals surface area (Å²) in [7, 11) is 5.26. The predicted molar refractivity (Wildman–Crippen MR) is 76.8 cm³/mol. The molecule has 0 aliphatic rings. The summed E-state index contributed by atoms with van der Waals surface area (Å²) in [6.07, 6.45) is 0. The molecular weight excluding hydrogens is 240 g/mol. The van der Waals surface area contributed by atoms with Crippen LogP contribution in [-0.2, 0) is 6.54 Å². The van der Waals surface area contributed by atoms with Gasteiger partial charge in [-0.1, -0.05) is 0 Å². The van der Waals surface area contributed by atoms with Crippen molar-refractivity contribution in [2.24, 2.45) is 0 Å². The summed E-state index contributed by atoms with van der Waals surface area (Å²) in [5.41, 5.74) is 4.52. The van der Waals surface area contributed by atoms with Crippen molar-refractivity contribution in [2.45, 2.75) is 13.5 Å². The van der Waals surface area contributed by atoms with Crippen molar-refractivity contribution >= 4 is 0 Å². The summed E-state index contributed by atoms with van der Waals surface area (Å²) in [6, 6.07) is 7.98. The van der Waals surface area contributed by atoms with Crippen LogP contribution >= 0.6 is 0 Å². The number of hydrogen-bond acceptors (Lipinski definition) is 3. The van der Waals surface area contributed by atoms with Crippen LogP contribution in [0.5, 0.6) is 11.5 Å². The molecule has 4 heteroatoms. The monoisotopic (exact) mass is 260 g/mol. The molecule has 0 aliphatic carbocycles. The third kappa shape index (κ3) is 2.74. The largest absolute Gasteiger partial charge is 0.497 e. The van der Waals surface area contributed by atoms with Crippen molar-refractivity contribution in [3.05, 3.63) is 35.5 Å². The maximum absolute atomic E-state index is 5.44. The van der Waals surface area contributed by atoms with Crippen molar-refractivity contribution in [1.29, 1.82) is 0 Å². The van der Waals surface area contributed by atoms with Gasteiger partial charge in [0.1, 0.15) is 11.5 Å². The maximum Gasteiger partial charge on any atom is 0.131 e. The molecule has 0 saturated carbocycles. The number of aromatic nitrogens is 1. The van der Waals surface area contributed by atoms with E-state index in [9.17, 15) is 0 Å². The van der Waals surface area contributed by atoms with E-state index in [0.29, 0.717) is 0 Å². The van der Waals surface area contributed by atoms with Crippen molar-refractivity contribution in [2.75, 3.05) is 21.3 Å². The molecule has 0 fully saturated rings. The summed E-state index contributed by atoms with van der Waals surface area (Å²) in [6.45, 7) is 2.92. The summed E-state index contributed by atoms with van der Waals surface area (Å²) >= 11 is 0. The fourth-order valence-electron chi connectivity index (χ4n) is 2.14. The Hall–Kier alpha value is -1.94.